The summed E-state index contributed by atoms with van der Waals surface area (Å²) >= 11 is 0. The van der Waals surface area contributed by atoms with E-state index in [2.05, 4.69) is 9.97 Å². The number of carboxylic acids is 1. The summed E-state index contributed by atoms with van der Waals surface area (Å²) in [6, 6.07) is 8.63. The van der Waals surface area contributed by atoms with Gasteiger partial charge in [-0.15, -0.1) is 0 Å². The second-order valence-corrected chi connectivity index (χ2v) is 4.56. The number of oxazole rings is 1. The van der Waals surface area contributed by atoms with Crippen molar-refractivity contribution in [2.24, 2.45) is 0 Å². The van der Waals surface area contributed by atoms with Crippen LogP contribution in [0, 0.1) is 13.8 Å². The number of aromatic carboxylic acids is 1. The highest BCUT2D eigenvalue weighted by Crippen LogP contribution is 2.28. The average molecular weight is 268 g/mol. The Hall–Kier alpha value is -2.69. The molecule has 1 N–H and O–H groups in total. The summed E-state index contributed by atoms with van der Waals surface area (Å²) in [5.74, 6) is -0.643. The number of nitrogens with zero attached hydrogens (tertiary/aromatic N) is 2. The summed E-state index contributed by atoms with van der Waals surface area (Å²) in [6.07, 6.45) is 0. The van der Waals surface area contributed by atoms with Crippen LogP contribution in [0.15, 0.2) is 34.7 Å². The highest BCUT2D eigenvalue weighted by atomic mass is 16.4. The maximum absolute atomic E-state index is 11.2. The molecule has 2 aromatic heterocycles. The Morgan fingerprint density at radius 1 is 1.15 bits per heavy atom. The Bertz CT molecular complexity index is 821. The summed E-state index contributed by atoms with van der Waals surface area (Å²) in [5, 5.41) is 9.15. The van der Waals surface area contributed by atoms with Crippen molar-refractivity contribution in [1.29, 1.82) is 0 Å². The van der Waals surface area contributed by atoms with E-state index in [9.17, 15) is 4.79 Å². The molecule has 100 valence electrons. The van der Waals surface area contributed by atoms with Crippen molar-refractivity contribution in [2.45, 2.75) is 13.8 Å². The van der Waals surface area contributed by atoms with E-state index >= 15 is 0 Å². The van der Waals surface area contributed by atoms with Gasteiger partial charge in [0, 0.05) is 5.69 Å². The number of carbonyl (C=O) groups is 1. The van der Waals surface area contributed by atoms with Gasteiger partial charge in [0.1, 0.15) is 11.1 Å². The number of rotatable bonds is 2. The molecule has 0 amide bonds. The molecule has 0 aliphatic rings. The first-order chi connectivity index (χ1) is 9.56. The summed E-state index contributed by atoms with van der Waals surface area (Å²) in [4.78, 5) is 19.9. The van der Waals surface area contributed by atoms with Gasteiger partial charge in [0.2, 0.25) is 5.89 Å². The number of fused-ring (bicyclic) bond motifs is 1. The molecule has 0 saturated heterocycles. The topological polar surface area (TPSA) is 76.2 Å². The van der Waals surface area contributed by atoms with E-state index < -0.39 is 5.97 Å². The molecular weight excluding hydrogens is 256 g/mol. The first kappa shape index (κ1) is 12.3. The van der Waals surface area contributed by atoms with Gasteiger partial charge in [0.25, 0.3) is 0 Å². The van der Waals surface area contributed by atoms with E-state index in [4.69, 9.17) is 9.52 Å². The van der Waals surface area contributed by atoms with Crippen molar-refractivity contribution < 1.29 is 14.3 Å². The van der Waals surface area contributed by atoms with Gasteiger partial charge in [-0.1, -0.05) is 6.07 Å². The molecule has 20 heavy (non-hydrogen) atoms. The van der Waals surface area contributed by atoms with E-state index in [1.807, 2.05) is 26.0 Å². The maximum Gasteiger partial charge on any atom is 0.339 e. The smallest absolute Gasteiger partial charge is 0.339 e. The lowest BCUT2D eigenvalue weighted by molar-refractivity contribution is 0.0698. The van der Waals surface area contributed by atoms with Crippen LogP contribution in [0.2, 0.25) is 0 Å². The summed E-state index contributed by atoms with van der Waals surface area (Å²) in [5.41, 5.74) is 3.40. The summed E-state index contributed by atoms with van der Waals surface area (Å²) < 4.78 is 5.64. The predicted octanol–water partition coefficient (Wildman–Crippen LogP) is 3.20. The molecule has 2 heterocycles. The molecular formula is C15H12N2O3. The van der Waals surface area contributed by atoms with Gasteiger partial charge in [0.05, 0.1) is 11.3 Å². The molecule has 5 heteroatoms. The van der Waals surface area contributed by atoms with Gasteiger partial charge < -0.3 is 9.52 Å². The second kappa shape index (κ2) is 4.45. The first-order valence-corrected chi connectivity index (χ1v) is 6.14. The van der Waals surface area contributed by atoms with Gasteiger partial charge in [-0.05, 0) is 38.1 Å². The number of para-hydroxylation sites is 1. The van der Waals surface area contributed by atoms with Crippen LogP contribution in [0.4, 0.5) is 0 Å². The van der Waals surface area contributed by atoms with Crippen LogP contribution in [-0.4, -0.2) is 21.0 Å². The number of pyridine rings is 1. The minimum Gasteiger partial charge on any atom is -0.478 e. The minimum atomic E-state index is -1.03. The molecule has 1 aromatic carbocycles. The highest BCUT2D eigenvalue weighted by Gasteiger charge is 2.16. The van der Waals surface area contributed by atoms with Crippen LogP contribution in [0.5, 0.6) is 0 Å². The third kappa shape index (κ3) is 1.93. The van der Waals surface area contributed by atoms with Gasteiger partial charge in [-0.2, -0.15) is 0 Å². The normalized spacial score (nSPS) is 10.9. The van der Waals surface area contributed by atoms with Gasteiger partial charge in [-0.25, -0.2) is 9.78 Å². The number of hydrogen-bond donors (Lipinski definition) is 1. The number of aromatic nitrogens is 2. The molecule has 0 fully saturated rings. The lowest BCUT2D eigenvalue weighted by atomic mass is 10.2. The van der Waals surface area contributed by atoms with Crippen LogP contribution >= 0.6 is 0 Å². The third-order valence-electron chi connectivity index (χ3n) is 3.10. The third-order valence-corrected chi connectivity index (χ3v) is 3.10. The Labute approximate surface area is 114 Å². The molecule has 0 spiro atoms. The Balaban J connectivity index is 2.23. The van der Waals surface area contributed by atoms with Crippen LogP contribution < -0.4 is 0 Å². The fourth-order valence-corrected chi connectivity index (χ4v) is 2.15. The number of aryl methyl sites for hydroxylation is 2. The van der Waals surface area contributed by atoms with Crippen molar-refractivity contribution >= 4 is 17.1 Å². The first-order valence-electron chi connectivity index (χ1n) is 6.14. The average Bonchev–Trinajstić information content (AvgIpc) is 2.81. The van der Waals surface area contributed by atoms with Crippen LogP contribution in [0.3, 0.4) is 0 Å². The predicted molar refractivity (Wildman–Crippen MR) is 73.7 cm³/mol. The summed E-state index contributed by atoms with van der Waals surface area (Å²) in [7, 11) is 0. The molecule has 3 rings (SSSR count). The Kier molecular flexibility index (Phi) is 2.75. The zero-order valence-corrected chi connectivity index (χ0v) is 11.0. The molecule has 3 aromatic rings. The molecule has 5 nitrogen and oxygen atoms in total. The zero-order valence-electron chi connectivity index (χ0n) is 11.0. The molecule has 0 unspecified atom stereocenters. The van der Waals surface area contributed by atoms with Gasteiger partial charge in [0.15, 0.2) is 5.58 Å². The van der Waals surface area contributed by atoms with Crippen LogP contribution in [0.25, 0.3) is 22.6 Å². The van der Waals surface area contributed by atoms with E-state index in [-0.39, 0.29) is 11.1 Å². The van der Waals surface area contributed by atoms with Crippen LogP contribution in [0.1, 0.15) is 21.7 Å². The van der Waals surface area contributed by atoms with Crippen molar-refractivity contribution in [1.82, 2.24) is 9.97 Å². The van der Waals surface area contributed by atoms with E-state index in [1.54, 1.807) is 12.1 Å². The number of carboxylic acid groups (broad SMARTS) is 1. The quantitative estimate of drug-likeness (QED) is 0.772. The zero-order chi connectivity index (χ0) is 14.3. The van der Waals surface area contributed by atoms with Crippen molar-refractivity contribution in [3.63, 3.8) is 0 Å². The lowest BCUT2D eigenvalue weighted by Crippen LogP contribution is -1.95. The van der Waals surface area contributed by atoms with Crippen molar-refractivity contribution in [3.05, 3.63) is 47.3 Å². The fourth-order valence-electron chi connectivity index (χ4n) is 2.15. The summed E-state index contributed by atoms with van der Waals surface area (Å²) in [6.45, 7) is 3.78. The molecule has 0 aliphatic carbocycles. The minimum absolute atomic E-state index is 0.110. The number of hydrogen-bond acceptors (Lipinski definition) is 4. The van der Waals surface area contributed by atoms with Crippen LogP contribution in [-0.2, 0) is 0 Å². The van der Waals surface area contributed by atoms with Gasteiger partial charge >= 0.3 is 5.97 Å². The maximum atomic E-state index is 11.2. The molecule has 0 aliphatic heterocycles. The van der Waals surface area contributed by atoms with E-state index in [1.165, 1.54) is 6.07 Å². The van der Waals surface area contributed by atoms with Gasteiger partial charge in [-0.3, -0.25) is 4.98 Å². The largest absolute Gasteiger partial charge is 0.478 e. The van der Waals surface area contributed by atoms with Crippen molar-refractivity contribution in [2.75, 3.05) is 0 Å². The van der Waals surface area contributed by atoms with E-state index in [0.29, 0.717) is 11.4 Å². The second-order valence-electron chi connectivity index (χ2n) is 4.56. The molecule has 0 atom stereocenters. The lowest BCUT2D eigenvalue weighted by Gasteiger charge is -2.01. The molecule has 0 bridgehead atoms. The number of benzene rings is 1. The fraction of sp³-hybridized carbons (Fsp3) is 0.133. The standard InChI is InChI=1S/C15H12N2O3/c1-8-6-7-10(9(2)16-8)14-17-12-5-3-4-11(15(18)19)13(12)20-14/h3-7H,1-2H3,(H,18,19). The Morgan fingerprint density at radius 3 is 2.65 bits per heavy atom. The van der Waals surface area contributed by atoms with E-state index in [0.717, 1.165) is 17.0 Å². The highest BCUT2D eigenvalue weighted by molar-refractivity contribution is 6.00. The van der Waals surface area contributed by atoms with Crippen molar-refractivity contribution in [3.8, 4) is 11.5 Å². The molecule has 0 saturated carbocycles. The monoisotopic (exact) mass is 268 g/mol. The SMILES string of the molecule is Cc1ccc(-c2nc3cccc(C(=O)O)c3o2)c(C)n1. The molecule has 0 radical (unpaired) electrons. The Morgan fingerprint density at radius 2 is 1.95 bits per heavy atom.